The summed E-state index contributed by atoms with van der Waals surface area (Å²) in [5.41, 5.74) is 1.09. The van der Waals surface area contributed by atoms with Crippen molar-refractivity contribution in [3.8, 4) is 0 Å². The average Bonchev–Trinajstić information content (AvgIpc) is 2.39. The van der Waals surface area contributed by atoms with Crippen LogP contribution < -0.4 is 5.32 Å². The van der Waals surface area contributed by atoms with Crippen LogP contribution in [0, 0.1) is 0 Å². The van der Waals surface area contributed by atoms with Crippen LogP contribution in [0.2, 0.25) is 5.02 Å². The van der Waals surface area contributed by atoms with Crippen LogP contribution >= 0.6 is 23.4 Å². The van der Waals surface area contributed by atoms with Gasteiger partial charge in [-0.05, 0) is 35.5 Å². The van der Waals surface area contributed by atoms with Gasteiger partial charge in [-0.3, -0.25) is 0 Å². The summed E-state index contributed by atoms with van der Waals surface area (Å²) < 4.78 is 0. The average molecular weight is 294 g/mol. The molecule has 2 aromatic rings. The molecule has 0 saturated heterocycles. The largest absolute Gasteiger partial charge is 0.310 e. The molecular formula is C14H16ClN3S. The van der Waals surface area contributed by atoms with E-state index >= 15 is 0 Å². The van der Waals surface area contributed by atoms with E-state index in [0.29, 0.717) is 6.04 Å². The van der Waals surface area contributed by atoms with Crippen molar-refractivity contribution in [2.24, 2.45) is 0 Å². The number of aromatic nitrogens is 2. The lowest BCUT2D eigenvalue weighted by Crippen LogP contribution is -2.22. The van der Waals surface area contributed by atoms with Gasteiger partial charge in [0.05, 0.1) is 0 Å². The molecule has 19 heavy (non-hydrogen) atoms. The summed E-state index contributed by atoms with van der Waals surface area (Å²) >= 11 is 7.82. The maximum Gasteiger partial charge on any atom is 0.192 e. The monoisotopic (exact) mass is 293 g/mol. The van der Waals surface area contributed by atoms with Crippen LogP contribution in [-0.2, 0) is 6.54 Å². The molecule has 0 atom stereocenters. The Hall–Kier alpha value is -1.10. The first kappa shape index (κ1) is 14.3. The number of halogens is 1. The minimum Gasteiger partial charge on any atom is -0.310 e. The second-order valence-electron chi connectivity index (χ2n) is 4.39. The number of hydrogen-bond donors (Lipinski definition) is 1. The number of hydrogen-bond acceptors (Lipinski definition) is 4. The van der Waals surface area contributed by atoms with E-state index in [2.05, 4.69) is 29.1 Å². The Bertz CT molecular complexity index is 531. The van der Waals surface area contributed by atoms with E-state index in [0.717, 1.165) is 27.2 Å². The molecule has 1 aromatic carbocycles. The van der Waals surface area contributed by atoms with Crippen molar-refractivity contribution < 1.29 is 0 Å². The van der Waals surface area contributed by atoms with Crippen molar-refractivity contribution in [1.29, 1.82) is 0 Å². The molecule has 0 saturated carbocycles. The standard InChI is InChI=1S/C14H16ClN3S/c1-10(2)18-9-11-12(15)5-3-6-13(11)19-14-16-7-4-8-17-14/h3-8,10,18H,9H2,1-2H3. The molecule has 0 amide bonds. The molecule has 1 heterocycles. The van der Waals surface area contributed by atoms with E-state index in [1.54, 1.807) is 12.4 Å². The quantitative estimate of drug-likeness (QED) is 0.852. The summed E-state index contributed by atoms with van der Waals surface area (Å²) in [4.78, 5) is 9.55. The van der Waals surface area contributed by atoms with E-state index in [4.69, 9.17) is 11.6 Å². The number of nitrogens with zero attached hydrogens (tertiary/aromatic N) is 2. The minimum atomic E-state index is 0.419. The van der Waals surface area contributed by atoms with Gasteiger partial charge in [0.25, 0.3) is 0 Å². The van der Waals surface area contributed by atoms with Crippen molar-refractivity contribution in [3.05, 3.63) is 47.2 Å². The first-order valence-corrected chi connectivity index (χ1v) is 7.32. The van der Waals surface area contributed by atoms with Crippen LogP contribution in [0.15, 0.2) is 46.7 Å². The van der Waals surface area contributed by atoms with Crippen LogP contribution in [0.1, 0.15) is 19.4 Å². The third-order valence-corrected chi connectivity index (χ3v) is 3.86. The highest BCUT2D eigenvalue weighted by molar-refractivity contribution is 7.99. The minimum absolute atomic E-state index is 0.419. The Morgan fingerprint density at radius 3 is 2.63 bits per heavy atom. The van der Waals surface area contributed by atoms with Gasteiger partial charge < -0.3 is 5.32 Å². The summed E-state index contributed by atoms with van der Waals surface area (Å²) in [7, 11) is 0. The molecule has 1 aromatic heterocycles. The Morgan fingerprint density at radius 1 is 1.21 bits per heavy atom. The van der Waals surface area contributed by atoms with Crippen LogP contribution in [0.5, 0.6) is 0 Å². The molecule has 2 rings (SSSR count). The molecule has 0 aliphatic carbocycles. The zero-order valence-corrected chi connectivity index (χ0v) is 12.5. The topological polar surface area (TPSA) is 37.8 Å². The fourth-order valence-electron chi connectivity index (χ4n) is 1.55. The lowest BCUT2D eigenvalue weighted by Gasteiger charge is -2.13. The molecule has 0 aliphatic heterocycles. The van der Waals surface area contributed by atoms with Gasteiger partial charge in [0.1, 0.15) is 0 Å². The number of nitrogens with one attached hydrogen (secondary N) is 1. The zero-order valence-electron chi connectivity index (χ0n) is 10.9. The first-order valence-electron chi connectivity index (χ1n) is 6.12. The first-order chi connectivity index (χ1) is 9.16. The van der Waals surface area contributed by atoms with Crippen LogP contribution in [0.4, 0.5) is 0 Å². The molecule has 3 nitrogen and oxygen atoms in total. The van der Waals surface area contributed by atoms with Crippen LogP contribution in [0.25, 0.3) is 0 Å². The van der Waals surface area contributed by atoms with E-state index in [1.165, 1.54) is 11.8 Å². The fourth-order valence-corrected chi connectivity index (χ4v) is 2.72. The maximum atomic E-state index is 6.28. The van der Waals surface area contributed by atoms with Crippen molar-refractivity contribution in [2.45, 2.75) is 36.5 Å². The predicted octanol–water partition coefficient (Wildman–Crippen LogP) is 3.78. The summed E-state index contributed by atoms with van der Waals surface area (Å²) in [5, 5.41) is 4.89. The van der Waals surface area contributed by atoms with Gasteiger partial charge in [0.2, 0.25) is 0 Å². The highest BCUT2D eigenvalue weighted by Gasteiger charge is 2.10. The van der Waals surface area contributed by atoms with Gasteiger partial charge >= 0.3 is 0 Å². The Labute approximate surface area is 122 Å². The number of benzene rings is 1. The predicted molar refractivity (Wildman–Crippen MR) is 79.6 cm³/mol. The van der Waals surface area contributed by atoms with Crippen LogP contribution in [0.3, 0.4) is 0 Å². The molecule has 0 radical (unpaired) electrons. The second-order valence-corrected chi connectivity index (χ2v) is 5.80. The van der Waals surface area contributed by atoms with Crippen LogP contribution in [-0.4, -0.2) is 16.0 Å². The maximum absolute atomic E-state index is 6.28. The molecule has 0 aliphatic rings. The molecule has 0 fully saturated rings. The van der Waals surface area contributed by atoms with Gasteiger partial charge in [-0.2, -0.15) is 0 Å². The zero-order chi connectivity index (χ0) is 13.7. The van der Waals surface area contributed by atoms with Gasteiger partial charge in [-0.15, -0.1) is 0 Å². The molecule has 1 N–H and O–H groups in total. The lowest BCUT2D eigenvalue weighted by molar-refractivity contribution is 0.585. The van der Waals surface area contributed by atoms with E-state index in [1.807, 2.05) is 24.3 Å². The van der Waals surface area contributed by atoms with Crippen molar-refractivity contribution in [1.82, 2.24) is 15.3 Å². The summed E-state index contributed by atoms with van der Waals surface area (Å²) in [6, 6.07) is 8.14. The smallest absolute Gasteiger partial charge is 0.192 e. The Morgan fingerprint density at radius 2 is 1.95 bits per heavy atom. The lowest BCUT2D eigenvalue weighted by atomic mass is 10.2. The SMILES string of the molecule is CC(C)NCc1c(Cl)cccc1Sc1ncccn1. The fraction of sp³-hybridized carbons (Fsp3) is 0.286. The summed E-state index contributed by atoms with van der Waals surface area (Å²) in [6.45, 7) is 4.97. The molecule has 0 bridgehead atoms. The number of rotatable bonds is 5. The van der Waals surface area contributed by atoms with Crippen molar-refractivity contribution in [2.75, 3.05) is 0 Å². The highest BCUT2D eigenvalue weighted by Crippen LogP contribution is 2.31. The normalized spacial score (nSPS) is 10.9. The van der Waals surface area contributed by atoms with Gasteiger partial charge in [0, 0.05) is 34.9 Å². The third kappa shape index (κ3) is 4.20. The van der Waals surface area contributed by atoms with Gasteiger partial charge in [-0.1, -0.05) is 31.5 Å². The molecular weight excluding hydrogens is 278 g/mol. The molecule has 0 unspecified atom stereocenters. The Kier molecular flexibility index (Phi) is 5.19. The van der Waals surface area contributed by atoms with E-state index < -0.39 is 0 Å². The third-order valence-electron chi connectivity index (χ3n) is 2.51. The second kappa shape index (κ2) is 6.89. The summed E-state index contributed by atoms with van der Waals surface area (Å²) in [5.74, 6) is 0. The van der Waals surface area contributed by atoms with Crippen molar-refractivity contribution >= 4 is 23.4 Å². The Balaban J connectivity index is 2.22. The van der Waals surface area contributed by atoms with E-state index in [9.17, 15) is 0 Å². The molecule has 0 spiro atoms. The van der Waals surface area contributed by atoms with Gasteiger partial charge in [0.15, 0.2) is 5.16 Å². The molecule has 100 valence electrons. The summed E-state index contributed by atoms with van der Waals surface area (Å²) in [6.07, 6.45) is 3.48. The highest BCUT2D eigenvalue weighted by atomic mass is 35.5. The van der Waals surface area contributed by atoms with Crippen molar-refractivity contribution in [3.63, 3.8) is 0 Å². The van der Waals surface area contributed by atoms with E-state index in [-0.39, 0.29) is 0 Å². The van der Waals surface area contributed by atoms with Gasteiger partial charge in [-0.25, -0.2) is 9.97 Å². The molecule has 5 heteroatoms.